The fourth-order valence-corrected chi connectivity index (χ4v) is 5.99. The van der Waals surface area contributed by atoms with E-state index < -0.39 is 5.60 Å². The van der Waals surface area contributed by atoms with E-state index in [4.69, 9.17) is 4.74 Å². The van der Waals surface area contributed by atoms with Gasteiger partial charge in [0.15, 0.2) is 11.4 Å². The lowest BCUT2D eigenvalue weighted by Crippen LogP contribution is -2.46. The molecule has 1 atom stereocenters. The molecule has 5 rings (SSSR count). The zero-order chi connectivity index (χ0) is 23.2. The van der Waals surface area contributed by atoms with Crippen molar-refractivity contribution in [3.63, 3.8) is 0 Å². The van der Waals surface area contributed by atoms with Crippen LogP contribution in [0.4, 0.5) is 0 Å². The van der Waals surface area contributed by atoms with Crippen LogP contribution in [0, 0.1) is 12.8 Å². The maximum atomic E-state index is 13.0. The number of amides is 1. The first-order valence-electron chi connectivity index (χ1n) is 11.0. The number of Topliss-reactive ketones (excluding diaryl/α,β-unsaturated/α-hetero) is 1. The van der Waals surface area contributed by atoms with Crippen molar-refractivity contribution in [2.24, 2.45) is 5.92 Å². The number of benzene rings is 1. The number of ketones is 1. The van der Waals surface area contributed by atoms with E-state index in [0.717, 1.165) is 41.6 Å². The summed E-state index contributed by atoms with van der Waals surface area (Å²) < 4.78 is 5.32. The van der Waals surface area contributed by atoms with Crippen LogP contribution in [0.15, 0.2) is 35.4 Å². The van der Waals surface area contributed by atoms with E-state index in [2.05, 4.69) is 15.3 Å². The number of methoxy groups -OCH3 is 1. The van der Waals surface area contributed by atoms with Gasteiger partial charge in [-0.15, -0.1) is 11.3 Å². The molecule has 9 heteroatoms. The molecule has 1 unspecified atom stereocenters. The van der Waals surface area contributed by atoms with E-state index in [-0.39, 0.29) is 29.4 Å². The van der Waals surface area contributed by atoms with Crippen LogP contribution in [0.25, 0.3) is 10.9 Å². The summed E-state index contributed by atoms with van der Waals surface area (Å²) in [6, 6.07) is 9.22. The van der Waals surface area contributed by atoms with Crippen LogP contribution in [0.2, 0.25) is 0 Å². The molecule has 0 aliphatic heterocycles. The summed E-state index contributed by atoms with van der Waals surface area (Å²) in [4.78, 5) is 35.9. The second-order valence-corrected chi connectivity index (χ2v) is 10.7. The maximum absolute atomic E-state index is 13.0. The molecule has 2 aliphatic carbocycles. The van der Waals surface area contributed by atoms with Gasteiger partial charge in [0.05, 0.1) is 23.3 Å². The molecule has 7 nitrogen and oxygen atoms in total. The molecule has 2 aliphatic rings. The molecular formula is C24H25N3O4S2. The van der Waals surface area contributed by atoms with Gasteiger partial charge < -0.3 is 15.2 Å². The van der Waals surface area contributed by atoms with Gasteiger partial charge in [-0.05, 0) is 62.9 Å². The minimum absolute atomic E-state index is 0.0655. The average molecular weight is 484 g/mol. The Morgan fingerprint density at radius 2 is 2.00 bits per heavy atom. The Bertz CT molecular complexity index is 1240. The minimum Gasteiger partial charge on any atom is -0.497 e. The number of hydrogen-bond acceptors (Lipinski definition) is 8. The molecule has 2 saturated carbocycles. The second kappa shape index (κ2) is 8.70. The summed E-state index contributed by atoms with van der Waals surface area (Å²) in [6.45, 7) is 1.83. The lowest BCUT2D eigenvalue weighted by Gasteiger charge is -2.25. The number of aliphatic hydroxyl groups is 1. The molecule has 0 radical (unpaired) electrons. The van der Waals surface area contributed by atoms with E-state index in [1.165, 1.54) is 23.1 Å². The Kier molecular flexibility index (Phi) is 5.88. The number of ether oxygens (including phenoxy) is 1. The molecule has 3 aromatic rings. The number of carbonyl (C=O) groups is 2. The van der Waals surface area contributed by atoms with Crippen LogP contribution in [0.3, 0.4) is 0 Å². The van der Waals surface area contributed by atoms with Crippen LogP contribution < -0.4 is 10.1 Å². The third-order valence-corrected chi connectivity index (χ3v) is 8.25. The van der Waals surface area contributed by atoms with Gasteiger partial charge in [-0.3, -0.25) is 9.59 Å². The van der Waals surface area contributed by atoms with Gasteiger partial charge in [0, 0.05) is 22.2 Å². The Balaban J connectivity index is 1.34. The molecule has 2 fully saturated rings. The predicted molar refractivity (Wildman–Crippen MR) is 128 cm³/mol. The summed E-state index contributed by atoms with van der Waals surface area (Å²) in [5, 5.41) is 15.8. The van der Waals surface area contributed by atoms with Crippen molar-refractivity contribution >= 4 is 45.7 Å². The quantitative estimate of drug-likeness (QED) is 0.271. The highest BCUT2D eigenvalue weighted by Crippen LogP contribution is 2.48. The SMILES string of the molecule is COc1ccc2nc(C)nc(SCC(=O)c3ccc(C(O)(C(=O)NC4CC4)C4CC4)s3)c2c1. The summed E-state index contributed by atoms with van der Waals surface area (Å²) >= 11 is 2.57. The predicted octanol–water partition coefficient (Wildman–Crippen LogP) is 3.86. The number of nitrogens with one attached hydrogen (secondary N) is 1. The average Bonchev–Trinajstić information content (AvgIpc) is 3.75. The van der Waals surface area contributed by atoms with E-state index >= 15 is 0 Å². The number of aryl methyl sites for hydroxylation is 1. The van der Waals surface area contributed by atoms with Crippen LogP contribution >= 0.6 is 23.1 Å². The first kappa shape index (κ1) is 22.3. The number of rotatable bonds is 9. The van der Waals surface area contributed by atoms with Gasteiger partial charge in [0.25, 0.3) is 5.91 Å². The Hall–Kier alpha value is -2.49. The summed E-state index contributed by atoms with van der Waals surface area (Å²) in [5.74, 6) is 1.05. The zero-order valence-corrected chi connectivity index (χ0v) is 20.1. The molecule has 2 aromatic heterocycles. The monoisotopic (exact) mass is 483 g/mol. The van der Waals surface area contributed by atoms with Crippen molar-refractivity contribution in [1.29, 1.82) is 0 Å². The third kappa shape index (κ3) is 4.49. The fraction of sp³-hybridized carbons (Fsp3) is 0.417. The molecule has 2 N–H and O–H groups in total. The van der Waals surface area contributed by atoms with Crippen LogP contribution in [0.1, 0.15) is 46.1 Å². The van der Waals surface area contributed by atoms with Gasteiger partial charge in [-0.25, -0.2) is 9.97 Å². The minimum atomic E-state index is -1.55. The highest BCUT2D eigenvalue weighted by atomic mass is 32.2. The summed E-state index contributed by atoms with van der Waals surface area (Å²) in [6.07, 6.45) is 3.55. The normalized spacial score (nSPS) is 17.5. The first-order chi connectivity index (χ1) is 15.9. The number of thiophene rings is 1. The Morgan fingerprint density at radius 3 is 2.70 bits per heavy atom. The van der Waals surface area contributed by atoms with Crippen LogP contribution in [-0.2, 0) is 10.4 Å². The third-order valence-electron chi connectivity index (χ3n) is 6.00. The van der Waals surface area contributed by atoms with Crippen molar-refractivity contribution in [1.82, 2.24) is 15.3 Å². The maximum Gasteiger partial charge on any atom is 0.257 e. The van der Waals surface area contributed by atoms with Crippen molar-refractivity contribution < 1.29 is 19.4 Å². The number of nitrogens with zero attached hydrogens (tertiary/aromatic N) is 2. The molecule has 33 heavy (non-hydrogen) atoms. The highest BCUT2D eigenvalue weighted by Gasteiger charge is 2.52. The molecule has 1 amide bonds. The standard InChI is InChI=1S/C24H25N3O4S2/c1-13-25-18-8-7-16(31-2)11-17(18)22(26-13)32-12-19(28)20-9-10-21(33-20)24(30,14-3-4-14)23(29)27-15-5-6-15/h7-11,14-15,30H,3-6,12H2,1-2H3,(H,27,29). The molecule has 1 aromatic carbocycles. The van der Waals surface area contributed by atoms with Crippen molar-refractivity contribution in [2.75, 3.05) is 12.9 Å². The molecule has 0 spiro atoms. The fourth-order valence-electron chi connectivity index (χ4n) is 3.85. The van der Waals surface area contributed by atoms with E-state index in [9.17, 15) is 14.7 Å². The van der Waals surface area contributed by atoms with Gasteiger partial charge in [-0.1, -0.05) is 11.8 Å². The highest BCUT2D eigenvalue weighted by molar-refractivity contribution is 8.00. The number of hydrogen-bond donors (Lipinski definition) is 2. The number of carbonyl (C=O) groups excluding carboxylic acids is 2. The number of thioether (sulfide) groups is 1. The lowest BCUT2D eigenvalue weighted by molar-refractivity contribution is -0.143. The smallest absolute Gasteiger partial charge is 0.257 e. The number of fused-ring (bicyclic) bond motifs is 1. The van der Waals surface area contributed by atoms with Gasteiger partial charge in [0.1, 0.15) is 16.6 Å². The van der Waals surface area contributed by atoms with Crippen molar-refractivity contribution in [3.05, 3.63) is 45.9 Å². The molecule has 0 bridgehead atoms. The Morgan fingerprint density at radius 1 is 1.21 bits per heavy atom. The topological polar surface area (TPSA) is 101 Å². The van der Waals surface area contributed by atoms with Crippen LogP contribution in [0.5, 0.6) is 5.75 Å². The molecule has 172 valence electrons. The molecular weight excluding hydrogens is 458 g/mol. The van der Waals surface area contributed by atoms with Gasteiger partial charge in [-0.2, -0.15) is 0 Å². The Labute approximate surface area is 200 Å². The molecule has 0 saturated heterocycles. The van der Waals surface area contributed by atoms with Gasteiger partial charge in [0.2, 0.25) is 0 Å². The number of aromatic nitrogens is 2. The summed E-state index contributed by atoms with van der Waals surface area (Å²) in [5.41, 5.74) is -0.747. The first-order valence-corrected chi connectivity index (χ1v) is 12.8. The van der Waals surface area contributed by atoms with Crippen molar-refractivity contribution in [3.8, 4) is 5.75 Å². The van der Waals surface area contributed by atoms with E-state index in [0.29, 0.717) is 21.3 Å². The summed E-state index contributed by atoms with van der Waals surface area (Å²) in [7, 11) is 1.61. The second-order valence-electron chi connectivity index (χ2n) is 8.62. The van der Waals surface area contributed by atoms with Crippen molar-refractivity contribution in [2.45, 2.75) is 49.3 Å². The van der Waals surface area contributed by atoms with Crippen LogP contribution in [-0.4, -0.2) is 45.7 Å². The van der Waals surface area contributed by atoms with E-state index in [1.807, 2.05) is 25.1 Å². The molecule has 2 heterocycles. The van der Waals surface area contributed by atoms with Gasteiger partial charge >= 0.3 is 0 Å². The lowest BCUT2D eigenvalue weighted by atomic mass is 9.94. The zero-order valence-electron chi connectivity index (χ0n) is 18.5. The largest absolute Gasteiger partial charge is 0.497 e. The van der Waals surface area contributed by atoms with E-state index in [1.54, 1.807) is 19.2 Å².